The van der Waals surface area contributed by atoms with Gasteiger partial charge in [0.25, 0.3) is 5.91 Å². The van der Waals surface area contributed by atoms with Crippen molar-refractivity contribution >= 4 is 23.5 Å². The van der Waals surface area contributed by atoms with Crippen LogP contribution in [0.3, 0.4) is 0 Å². The van der Waals surface area contributed by atoms with Gasteiger partial charge in [-0.1, -0.05) is 35.4 Å². The van der Waals surface area contributed by atoms with Crippen molar-refractivity contribution < 1.29 is 18.7 Å². The number of nitrogens with zero attached hydrogens (tertiary/aromatic N) is 1. The Morgan fingerprint density at radius 3 is 2.54 bits per heavy atom. The monoisotopic (exact) mass is 376 g/mol. The molecular formula is C19H18ClFN2O3. The molecule has 0 aromatic heterocycles. The van der Waals surface area contributed by atoms with Gasteiger partial charge >= 0.3 is 6.03 Å². The maximum atomic E-state index is 13.3. The number of imide groups is 1. The predicted molar refractivity (Wildman–Crippen MR) is 95.7 cm³/mol. The highest BCUT2D eigenvalue weighted by molar-refractivity contribution is 6.32. The van der Waals surface area contributed by atoms with Crippen molar-refractivity contribution in [3.63, 3.8) is 0 Å². The van der Waals surface area contributed by atoms with E-state index in [1.807, 2.05) is 31.2 Å². The van der Waals surface area contributed by atoms with Crippen molar-refractivity contribution in [1.29, 1.82) is 0 Å². The van der Waals surface area contributed by atoms with E-state index in [1.54, 1.807) is 6.92 Å². The second kappa shape index (κ2) is 6.96. The van der Waals surface area contributed by atoms with Crippen LogP contribution in [0.25, 0.3) is 0 Å². The van der Waals surface area contributed by atoms with Gasteiger partial charge in [-0.3, -0.25) is 9.69 Å². The van der Waals surface area contributed by atoms with Crippen LogP contribution in [0.5, 0.6) is 5.75 Å². The van der Waals surface area contributed by atoms with Gasteiger partial charge in [0.05, 0.1) is 6.54 Å². The van der Waals surface area contributed by atoms with Crippen LogP contribution in [0.15, 0.2) is 42.5 Å². The SMILES string of the molecule is Cc1ccc(OCCN2C(=O)NC(C)(c3ccc(F)cc3Cl)C2=O)cc1. The molecule has 1 fully saturated rings. The molecule has 1 unspecified atom stereocenters. The van der Waals surface area contributed by atoms with Crippen LogP contribution in [0.1, 0.15) is 18.1 Å². The van der Waals surface area contributed by atoms with E-state index in [1.165, 1.54) is 12.1 Å². The minimum absolute atomic E-state index is 0.0823. The summed E-state index contributed by atoms with van der Waals surface area (Å²) in [5, 5.41) is 2.72. The molecule has 1 atom stereocenters. The average Bonchev–Trinajstić information content (AvgIpc) is 2.80. The Balaban J connectivity index is 1.71. The van der Waals surface area contributed by atoms with E-state index in [0.717, 1.165) is 16.5 Å². The molecule has 0 saturated carbocycles. The Kier molecular flexibility index (Phi) is 4.87. The van der Waals surface area contributed by atoms with Crippen molar-refractivity contribution in [3.8, 4) is 5.75 Å². The number of amides is 3. The number of carbonyl (C=O) groups is 2. The number of aryl methyl sites for hydroxylation is 1. The lowest BCUT2D eigenvalue weighted by Gasteiger charge is -2.23. The molecule has 1 aliphatic rings. The summed E-state index contributed by atoms with van der Waals surface area (Å²) in [6.45, 7) is 3.77. The number of nitrogens with one attached hydrogen (secondary N) is 1. The van der Waals surface area contributed by atoms with E-state index in [4.69, 9.17) is 16.3 Å². The number of hydrogen-bond donors (Lipinski definition) is 1. The molecule has 1 saturated heterocycles. The molecule has 0 aliphatic carbocycles. The quantitative estimate of drug-likeness (QED) is 0.810. The van der Waals surface area contributed by atoms with Gasteiger partial charge in [-0.15, -0.1) is 0 Å². The third kappa shape index (κ3) is 3.37. The Labute approximate surface area is 155 Å². The van der Waals surface area contributed by atoms with Crippen LogP contribution >= 0.6 is 11.6 Å². The number of hydrogen-bond acceptors (Lipinski definition) is 3. The summed E-state index contributed by atoms with van der Waals surface area (Å²) in [5.74, 6) is -0.307. The lowest BCUT2D eigenvalue weighted by atomic mass is 9.92. The van der Waals surface area contributed by atoms with Crippen molar-refractivity contribution in [2.24, 2.45) is 0 Å². The number of benzene rings is 2. The van der Waals surface area contributed by atoms with Crippen LogP contribution in [-0.4, -0.2) is 30.0 Å². The third-order valence-electron chi connectivity index (χ3n) is 4.35. The summed E-state index contributed by atoms with van der Waals surface area (Å²) < 4.78 is 18.9. The van der Waals surface area contributed by atoms with E-state index in [2.05, 4.69) is 5.32 Å². The van der Waals surface area contributed by atoms with Crippen molar-refractivity contribution in [2.75, 3.05) is 13.2 Å². The molecule has 1 N–H and O–H groups in total. The number of halogens is 2. The molecule has 136 valence electrons. The van der Waals surface area contributed by atoms with Gasteiger partial charge in [0.2, 0.25) is 0 Å². The zero-order valence-electron chi connectivity index (χ0n) is 14.4. The molecule has 3 amide bonds. The second-order valence-corrected chi connectivity index (χ2v) is 6.70. The van der Waals surface area contributed by atoms with Crippen molar-refractivity contribution in [1.82, 2.24) is 10.2 Å². The van der Waals surface area contributed by atoms with Gasteiger partial charge in [-0.05, 0) is 38.1 Å². The fourth-order valence-corrected chi connectivity index (χ4v) is 3.22. The number of ether oxygens (including phenoxy) is 1. The normalized spacial score (nSPS) is 19.6. The summed E-state index contributed by atoms with van der Waals surface area (Å²) in [4.78, 5) is 26.1. The highest BCUT2D eigenvalue weighted by atomic mass is 35.5. The highest BCUT2D eigenvalue weighted by Crippen LogP contribution is 2.33. The molecule has 1 heterocycles. The smallest absolute Gasteiger partial charge is 0.325 e. The molecule has 0 spiro atoms. The first kappa shape index (κ1) is 18.2. The molecule has 3 rings (SSSR count). The maximum Gasteiger partial charge on any atom is 0.325 e. The Morgan fingerprint density at radius 1 is 1.19 bits per heavy atom. The maximum absolute atomic E-state index is 13.3. The van der Waals surface area contributed by atoms with Crippen LogP contribution in [0.2, 0.25) is 5.02 Å². The molecule has 7 heteroatoms. The standard InChI is InChI=1S/C19H18ClFN2O3/c1-12-3-6-14(7-4-12)26-10-9-23-17(24)19(2,22-18(23)25)15-8-5-13(21)11-16(15)20/h3-8,11H,9-10H2,1-2H3,(H,22,25). The Bertz CT molecular complexity index is 856. The molecule has 2 aromatic carbocycles. The van der Waals surface area contributed by atoms with Crippen LogP contribution in [-0.2, 0) is 10.3 Å². The summed E-state index contributed by atoms with van der Waals surface area (Å²) in [7, 11) is 0. The topological polar surface area (TPSA) is 58.6 Å². The minimum Gasteiger partial charge on any atom is -0.492 e. The van der Waals surface area contributed by atoms with E-state index < -0.39 is 23.3 Å². The average molecular weight is 377 g/mol. The zero-order valence-corrected chi connectivity index (χ0v) is 15.1. The van der Waals surface area contributed by atoms with E-state index >= 15 is 0 Å². The molecule has 0 bridgehead atoms. The first-order valence-electron chi connectivity index (χ1n) is 8.10. The van der Waals surface area contributed by atoms with E-state index in [9.17, 15) is 14.0 Å². The van der Waals surface area contributed by atoms with Crippen molar-refractivity contribution in [2.45, 2.75) is 19.4 Å². The van der Waals surface area contributed by atoms with Gasteiger partial charge in [0, 0.05) is 10.6 Å². The van der Waals surface area contributed by atoms with Gasteiger partial charge in [0.15, 0.2) is 0 Å². The third-order valence-corrected chi connectivity index (χ3v) is 4.66. The van der Waals surface area contributed by atoms with Crippen LogP contribution < -0.4 is 10.1 Å². The van der Waals surface area contributed by atoms with Crippen molar-refractivity contribution in [3.05, 3.63) is 64.4 Å². The summed E-state index contributed by atoms with van der Waals surface area (Å²) >= 11 is 6.07. The fourth-order valence-electron chi connectivity index (χ4n) is 2.87. The first-order chi connectivity index (χ1) is 12.3. The zero-order chi connectivity index (χ0) is 18.9. The summed E-state index contributed by atoms with van der Waals surface area (Å²) in [6, 6.07) is 10.7. The molecular weight excluding hydrogens is 359 g/mol. The molecule has 26 heavy (non-hydrogen) atoms. The fraction of sp³-hybridized carbons (Fsp3) is 0.263. The molecule has 5 nitrogen and oxygen atoms in total. The Hall–Kier alpha value is -2.60. The Morgan fingerprint density at radius 2 is 1.88 bits per heavy atom. The van der Waals surface area contributed by atoms with Crippen LogP contribution in [0.4, 0.5) is 9.18 Å². The van der Waals surface area contributed by atoms with E-state index in [0.29, 0.717) is 11.3 Å². The van der Waals surface area contributed by atoms with Gasteiger partial charge in [-0.25, -0.2) is 9.18 Å². The molecule has 1 aliphatic heterocycles. The molecule has 0 radical (unpaired) electrons. The first-order valence-corrected chi connectivity index (χ1v) is 8.48. The van der Waals surface area contributed by atoms with E-state index in [-0.39, 0.29) is 18.2 Å². The van der Waals surface area contributed by atoms with Gasteiger partial charge < -0.3 is 10.1 Å². The lowest BCUT2D eigenvalue weighted by Crippen LogP contribution is -2.41. The summed E-state index contributed by atoms with van der Waals surface area (Å²) in [6.07, 6.45) is 0. The lowest BCUT2D eigenvalue weighted by molar-refractivity contribution is -0.131. The highest BCUT2D eigenvalue weighted by Gasteiger charge is 2.49. The second-order valence-electron chi connectivity index (χ2n) is 6.30. The number of rotatable bonds is 5. The number of urea groups is 1. The van der Waals surface area contributed by atoms with Gasteiger partial charge in [-0.2, -0.15) is 0 Å². The molecule has 2 aromatic rings. The largest absolute Gasteiger partial charge is 0.492 e. The van der Waals surface area contributed by atoms with Crippen LogP contribution in [0, 0.1) is 12.7 Å². The predicted octanol–water partition coefficient (Wildman–Crippen LogP) is 3.63. The van der Waals surface area contributed by atoms with Gasteiger partial charge in [0.1, 0.15) is 23.7 Å². The minimum atomic E-state index is -1.34. The number of carbonyl (C=O) groups excluding carboxylic acids is 2. The summed E-state index contributed by atoms with van der Waals surface area (Å²) in [5.41, 5.74) is 0.116.